The molecule has 0 spiro atoms. The number of carbonyl (C=O) groups is 1. The van der Waals surface area contributed by atoms with Gasteiger partial charge in [-0.25, -0.2) is 0 Å². The molecule has 0 aliphatic heterocycles. The van der Waals surface area contributed by atoms with Crippen molar-refractivity contribution >= 4 is 18.3 Å². The van der Waals surface area contributed by atoms with Gasteiger partial charge in [-0.1, -0.05) is 148 Å². The predicted molar refractivity (Wildman–Crippen MR) is 196 cm³/mol. The largest absolute Gasteiger partial charge is 1.00 e. The van der Waals surface area contributed by atoms with Gasteiger partial charge in [0, 0.05) is 6.42 Å². The second kappa shape index (κ2) is 37.2. The Kier molecular flexibility index (Phi) is 40.7. The summed E-state index contributed by atoms with van der Waals surface area (Å²) in [6.07, 6.45) is 45.2. The normalized spacial score (nSPS) is 12.3. The van der Waals surface area contributed by atoms with E-state index in [4.69, 9.17) is 5.73 Å². The standard InChI is InChI=1S/C39H78N2O.2ClH/c1-5-7-8-9-10-11-12-13-16-19-22-25-28-31-34-38(41(3,4)37-6-2)35-32-29-26-23-20-17-14-15-18-21-24-27-30-33-36-39(40)42;;/h14-15,38H,5-13,16-37H2,1-4H3,(H-,40,42);2*1H/b15-14-;;. The highest BCUT2D eigenvalue weighted by molar-refractivity contribution is 5.85. The Hall–Kier alpha value is -0.250. The molecule has 1 unspecified atom stereocenters. The molecule has 3 nitrogen and oxygen atoms in total. The molecule has 0 saturated carbocycles. The molecule has 0 aliphatic carbocycles. The third kappa shape index (κ3) is 34.6. The van der Waals surface area contributed by atoms with Crippen LogP contribution in [0, 0.1) is 0 Å². The maximum Gasteiger partial charge on any atom is 0.217 e. The van der Waals surface area contributed by atoms with E-state index in [1.54, 1.807) is 0 Å². The van der Waals surface area contributed by atoms with Crippen molar-refractivity contribution in [1.82, 2.24) is 0 Å². The van der Waals surface area contributed by atoms with Crippen LogP contribution in [0.3, 0.4) is 0 Å². The smallest absolute Gasteiger partial charge is 0.217 e. The number of halogens is 2. The molecule has 0 aliphatic rings. The van der Waals surface area contributed by atoms with Crippen LogP contribution in [0.4, 0.5) is 0 Å². The monoisotopic (exact) mass is 663 g/mol. The van der Waals surface area contributed by atoms with Gasteiger partial charge < -0.3 is 22.6 Å². The zero-order valence-electron chi connectivity index (χ0n) is 30.4. The van der Waals surface area contributed by atoms with Crippen LogP contribution in [-0.4, -0.2) is 37.1 Å². The first-order valence-electron chi connectivity index (χ1n) is 19.2. The maximum atomic E-state index is 10.7. The van der Waals surface area contributed by atoms with Crippen molar-refractivity contribution in [2.24, 2.45) is 5.73 Å². The lowest BCUT2D eigenvalue weighted by atomic mass is 9.97. The zero-order chi connectivity index (χ0) is 31.0. The third-order valence-electron chi connectivity index (χ3n) is 9.55. The number of nitrogens with two attached hydrogens (primary N) is 1. The second-order valence-corrected chi connectivity index (χ2v) is 14.1. The van der Waals surface area contributed by atoms with E-state index in [2.05, 4.69) is 40.1 Å². The highest BCUT2D eigenvalue weighted by atomic mass is 35.5. The van der Waals surface area contributed by atoms with E-state index in [1.165, 1.54) is 184 Å². The summed E-state index contributed by atoms with van der Waals surface area (Å²) >= 11 is 0. The first-order valence-corrected chi connectivity index (χ1v) is 19.2. The summed E-state index contributed by atoms with van der Waals surface area (Å²) in [6.45, 7) is 5.98. The molecule has 1 amide bonds. The Morgan fingerprint density at radius 3 is 1.25 bits per heavy atom. The Morgan fingerprint density at radius 2 is 0.886 bits per heavy atom. The van der Waals surface area contributed by atoms with Crippen molar-refractivity contribution in [2.45, 2.75) is 213 Å². The molecule has 1 atom stereocenters. The molecular weight excluding hydrogens is 583 g/mol. The summed E-state index contributed by atoms with van der Waals surface area (Å²) in [6, 6.07) is 0.855. The minimum atomic E-state index is -0.160. The van der Waals surface area contributed by atoms with Crippen LogP contribution in [0.2, 0.25) is 0 Å². The lowest BCUT2D eigenvalue weighted by Crippen LogP contribution is -3.00. The molecular formula is C39H80Cl2N2O. The van der Waals surface area contributed by atoms with Gasteiger partial charge in [0.05, 0.1) is 26.7 Å². The molecule has 0 rings (SSSR count). The summed E-state index contributed by atoms with van der Waals surface area (Å²) in [7, 11) is 4.99. The fraction of sp³-hybridized carbons (Fsp3) is 0.923. The quantitative estimate of drug-likeness (QED) is 0.0416. The van der Waals surface area contributed by atoms with Crippen LogP contribution in [0.15, 0.2) is 12.2 Å². The first kappa shape index (κ1) is 48.1. The maximum absolute atomic E-state index is 10.7. The molecule has 0 aromatic carbocycles. The third-order valence-corrected chi connectivity index (χ3v) is 9.55. The molecule has 266 valence electrons. The molecule has 0 aromatic heterocycles. The molecule has 2 N–H and O–H groups in total. The van der Waals surface area contributed by atoms with E-state index in [-0.39, 0.29) is 30.7 Å². The Balaban J connectivity index is -0.00000840. The molecule has 0 fully saturated rings. The van der Waals surface area contributed by atoms with E-state index in [0.717, 1.165) is 18.9 Å². The molecule has 44 heavy (non-hydrogen) atoms. The average Bonchev–Trinajstić information content (AvgIpc) is 2.95. The number of amides is 1. The van der Waals surface area contributed by atoms with E-state index < -0.39 is 0 Å². The van der Waals surface area contributed by atoms with E-state index in [0.29, 0.717) is 6.42 Å². The van der Waals surface area contributed by atoms with Crippen molar-refractivity contribution in [3.63, 3.8) is 0 Å². The van der Waals surface area contributed by atoms with E-state index in [1.807, 2.05) is 0 Å². The molecule has 5 heteroatoms. The topological polar surface area (TPSA) is 43.1 Å². The highest BCUT2D eigenvalue weighted by Crippen LogP contribution is 2.23. The molecule has 0 bridgehead atoms. The lowest BCUT2D eigenvalue weighted by Gasteiger charge is -2.38. The van der Waals surface area contributed by atoms with E-state index in [9.17, 15) is 4.79 Å². The zero-order valence-corrected chi connectivity index (χ0v) is 31.9. The van der Waals surface area contributed by atoms with Gasteiger partial charge in [-0.05, 0) is 64.2 Å². The Labute approximate surface area is 290 Å². The van der Waals surface area contributed by atoms with Gasteiger partial charge in [0.25, 0.3) is 0 Å². The van der Waals surface area contributed by atoms with Gasteiger partial charge in [0.15, 0.2) is 0 Å². The van der Waals surface area contributed by atoms with Gasteiger partial charge in [0.2, 0.25) is 5.91 Å². The average molecular weight is 664 g/mol. The van der Waals surface area contributed by atoms with Crippen molar-refractivity contribution in [2.75, 3.05) is 20.6 Å². The number of quaternary nitrogens is 1. The van der Waals surface area contributed by atoms with Crippen LogP contribution in [0.1, 0.15) is 206 Å². The summed E-state index contributed by atoms with van der Waals surface area (Å²) in [4.78, 5) is 10.7. The van der Waals surface area contributed by atoms with Gasteiger partial charge in [0.1, 0.15) is 0 Å². The van der Waals surface area contributed by atoms with Crippen LogP contribution in [0.25, 0.3) is 0 Å². The van der Waals surface area contributed by atoms with Crippen LogP contribution in [-0.2, 0) is 4.79 Å². The summed E-state index contributed by atoms with van der Waals surface area (Å²) in [5, 5.41) is 0. The number of carbonyl (C=O) groups excluding carboxylic acids is 1. The predicted octanol–water partition coefficient (Wildman–Crippen LogP) is 9.64. The fourth-order valence-corrected chi connectivity index (χ4v) is 6.68. The molecule has 0 radical (unpaired) electrons. The van der Waals surface area contributed by atoms with Crippen molar-refractivity contribution in [3.8, 4) is 0 Å². The van der Waals surface area contributed by atoms with Gasteiger partial charge in [-0.2, -0.15) is 0 Å². The number of unbranched alkanes of at least 4 members (excludes halogenated alkanes) is 23. The van der Waals surface area contributed by atoms with Crippen LogP contribution < -0.4 is 18.1 Å². The number of hydrogen-bond donors (Lipinski definition) is 1. The fourth-order valence-electron chi connectivity index (χ4n) is 6.68. The number of nitrogens with zero attached hydrogens (tertiary/aromatic N) is 1. The number of primary amides is 1. The first-order chi connectivity index (χ1) is 20.4. The number of hydrogen-bond acceptors (Lipinski definition) is 1. The van der Waals surface area contributed by atoms with Crippen LogP contribution >= 0.6 is 12.4 Å². The minimum absolute atomic E-state index is 0. The van der Waals surface area contributed by atoms with Crippen molar-refractivity contribution in [1.29, 1.82) is 0 Å². The van der Waals surface area contributed by atoms with Crippen LogP contribution in [0.5, 0.6) is 0 Å². The summed E-state index contributed by atoms with van der Waals surface area (Å²) in [5.74, 6) is -0.160. The Morgan fingerprint density at radius 1 is 0.545 bits per heavy atom. The summed E-state index contributed by atoms with van der Waals surface area (Å²) in [5.41, 5.74) is 5.19. The highest BCUT2D eigenvalue weighted by Gasteiger charge is 2.26. The van der Waals surface area contributed by atoms with E-state index >= 15 is 0 Å². The molecule has 0 saturated heterocycles. The van der Waals surface area contributed by atoms with Gasteiger partial charge >= 0.3 is 0 Å². The number of allylic oxidation sites excluding steroid dienone is 2. The SMILES string of the molecule is CCCCCCCCCCCCCCCCC(CCCCCCC/C=C\CCCCCCCC(N)=O)[N+](C)(C)CCC.Cl.[Cl-]. The molecule has 0 heterocycles. The minimum Gasteiger partial charge on any atom is -1.00 e. The summed E-state index contributed by atoms with van der Waals surface area (Å²) < 4.78 is 1.23. The lowest BCUT2D eigenvalue weighted by molar-refractivity contribution is -0.916. The van der Waals surface area contributed by atoms with Gasteiger partial charge in [-0.3, -0.25) is 4.79 Å². The number of rotatable bonds is 34. The van der Waals surface area contributed by atoms with Crippen molar-refractivity contribution < 1.29 is 21.7 Å². The molecule has 0 aromatic rings. The van der Waals surface area contributed by atoms with Crippen molar-refractivity contribution in [3.05, 3.63) is 12.2 Å². The second-order valence-electron chi connectivity index (χ2n) is 14.1. The Bertz CT molecular complexity index is 597. The van der Waals surface area contributed by atoms with Gasteiger partial charge in [-0.15, -0.1) is 12.4 Å².